The zero-order chi connectivity index (χ0) is 19.1. The number of benzene rings is 2. The second-order valence-corrected chi connectivity index (χ2v) is 7.02. The van der Waals surface area contributed by atoms with Crippen molar-refractivity contribution in [3.63, 3.8) is 0 Å². The monoisotopic (exact) mass is 422 g/mol. The van der Waals surface area contributed by atoms with Gasteiger partial charge in [-0.25, -0.2) is 4.79 Å². The van der Waals surface area contributed by atoms with E-state index in [4.69, 9.17) is 11.6 Å². The van der Waals surface area contributed by atoms with E-state index in [1.54, 1.807) is 24.3 Å². The largest absolute Gasteiger partial charge is 0.334 e. The van der Waals surface area contributed by atoms with Crippen LogP contribution in [0, 0.1) is 5.92 Å². The van der Waals surface area contributed by atoms with Crippen LogP contribution in [0.25, 0.3) is 0 Å². The molecule has 2 aromatic carbocycles. The highest BCUT2D eigenvalue weighted by Gasteiger charge is 2.20. The summed E-state index contributed by atoms with van der Waals surface area (Å²) in [5.74, 6) is 0.668. The Hall–Kier alpha value is -2.28. The van der Waals surface area contributed by atoms with Gasteiger partial charge in [-0.15, -0.1) is 12.4 Å². The third-order valence-corrected chi connectivity index (χ3v) is 4.53. The lowest BCUT2D eigenvalue weighted by Gasteiger charge is -2.10. The first-order valence-electron chi connectivity index (χ1n) is 8.99. The molecule has 1 aliphatic carbocycles. The van der Waals surface area contributed by atoms with Gasteiger partial charge >= 0.3 is 6.03 Å². The summed E-state index contributed by atoms with van der Waals surface area (Å²) < 4.78 is 0. The Morgan fingerprint density at radius 2 is 1.82 bits per heavy atom. The van der Waals surface area contributed by atoms with Crippen molar-refractivity contribution in [1.29, 1.82) is 0 Å². The van der Waals surface area contributed by atoms with E-state index in [1.807, 2.05) is 24.3 Å². The number of nitrogens with one attached hydrogen (secondary N) is 4. The Morgan fingerprint density at radius 1 is 1.04 bits per heavy atom. The van der Waals surface area contributed by atoms with E-state index in [9.17, 15) is 9.59 Å². The van der Waals surface area contributed by atoms with Gasteiger partial charge in [0.15, 0.2) is 0 Å². The second kappa shape index (κ2) is 10.9. The molecule has 0 saturated heterocycles. The van der Waals surface area contributed by atoms with Gasteiger partial charge in [-0.3, -0.25) is 4.79 Å². The maximum absolute atomic E-state index is 12.0. The number of hydrogen-bond acceptors (Lipinski definition) is 3. The smallest absolute Gasteiger partial charge is 0.319 e. The molecule has 28 heavy (non-hydrogen) atoms. The van der Waals surface area contributed by atoms with Crippen LogP contribution in [0.2, 0.25) is 5.02 Å². The lowest BCUT2D eigenvalue weighted by atomic mass is 10.2. The Kier molecular flexibility index (Phi) is 8.57. The highest BCUT2D eigenvalue weighted by atomic mass is 35.5. The van der Waals surface area contributed by atoms with Crippen molar-refractivity contribution in [2.45, 2.75) is 19.4 Å². The van der Waals surface area contributed by atoms with Gasteiger partial charge in [-0.1, -0.05) is 35.9 Å². The molecule has 1 saturated carbocycles. The molecule has 6 nitrogen and oxygen atoms in total. The van der Waals surface area contributed by atoms with Gasteiger partial charge in [0, 0.05) is 12.2 Å². The molecule has 0 spiro atoms. The Bertz CT molecular complexity index is 812. The number of anilines is 2. The third kappa shape index (κ3) is 7.38. The standard InChI is InChI=1S/C20H23ClN4O2.ClH/c21-17-6-1-2-7-18(17)25-20(27)23-12-15-4-3-5-16(10-15)24-19(26)13-22-11-14-8-9-14;/h1-7,10,14,22H,8-9,11-13H2,(H,24,26)(H2,23,25,27);1H. The summed E-state index contributed by atoms with van der Waals surface area (Å²) >= 11 is 6.02. The molecule has 1 fully saturated rings. The average Bonchev–Trinajstić information content (AvgIpc) is 3.47. The van der Waals surface area contributed by atoms with Crippen molar-refractivity contribution in [1.82, 2.24) is 10.6 Å². The Morgan fingerprint density at radius 3 is 2.57 bits per heavy atom. The van der Waals surface area contributed by atoms with Gasteiger partial charge in [-0.05, 0) is 55.1 Å². The van der Waals surface area contributed by atoms with Gasteiger partial charge in [0.1, 0.15) is 0 Å². The highest BCUT2D eigenvalue weighted by Crippen LogP contribution is 2.27. The van der Waals surface area contributed by atoms with Crippen LogP contribution in [-0.2, 0) is 11.3 Å². The van der Waals surface area contributed by atoms with Gasteiger partial charge in [-0.2, -0.15) is 0 Å². The summed E-state index contributed by atoms with van der Waals surface area (Å²) in [4.78, 5) is 24.0. The van der Waals surface area contributed by atoms with Gasteiger partial charge < -0.3 is 21.3 Å². The summed E-state index contributed by atoms with van der Waals surface area (Å²) in [5.41, 5.74) is 2.14. The maximum Gasteiger partial charge on any atom is 0.319 e. The summed E-state index contributed by atoms with van der Waals surface area (Å²) in [6.45, 7) is 1.54. The van der Waals surface area contributed by atoms with E-state index in [1.165, 1.54) is 12.8 Å². The number of amides is 3. The molecule has 2 aromatic rings. The van der Waals surface area contributed by atoms with E-state index in [0.29, 0.717) is 29.5 Å². The molecule has 0 radical (unpaired) electrons. The van der Waals surface area contributed by atoms with Crippen LogP contribution in [-0.4, -0.2) is 25.0 Å². The predicted octanol–water partition coefficient (Wildman–Crippen LogP) is 4.02. The summed E-state index contributed by atoms with van der Waals surface area (Å²) in [6, 6.07) is 14.1. The van der Waals surface area contributed by atoms with Crippen molar-refractivity contribution in [3.8, 4) is 0 Å². The van der Waals surface area contributed by atoms with Crippen molar-refractivity contribution >= 4 is 47.3 Å². The van der Waals surface area contributed by atoms with Gasteiger partial charge in [0.05, 0.1) is 17.3 Å². The highest BCUT2D eigenvalue weighted by molar-refractivity contribution is 6.33. The van der Waals surface area contributed by atoms with Crippen LogP contribution in [0.4, 0.5) is 16.2 Å². The molecular formula is C20H24Cl2N4O2. The molecule has 0 heterocycles. The maximum atomic E-state index is 12.0. The molecule has 3 amide bonds. The number of halogens is 2. The molecule has 0 aromatic heterocycles. The fraction of sp³-hybridized carbons (Fsp3) is 0.300. The van der Waals surface area contributed by atoms with Crippen LogP contribution >= 0.6 is 24.0 Å². The van der Waals surface area contributed by atoms with Crippen LogP contribution in [0.1, 0.15) is 18.4 Å². The molecular weight excluding hydrogens is 399 g/mol. The molecule has 0 unspecified atom stereocenters. The predicted molar refractivity (Wildman–Crippen MR) is 115 cm³/mol. The minimum Gasteiger partial charge on any atom is -0.334 e. The molecule has 0 atom stereocenters. The normalized spacial score (nSPS) is 12.6. The molecule has 0 bridgehead atoms. The van der Waals surface area contributed by atoms with Crippen LogP contribution in [0.15, 0.2) is 48.5 Å². The lowest BCUT2D eigenvalue weighted by molar-refractivity contribution is -0.115. The van der Waals surface area contributed by atoms with Gasteiger partial charge in [0.25, 0.3) is 0 Å². The fourth-order valence-electron chi connectivity index (χ4n) is 2.59. The zero-order valence-corrected chi connectivity index (χ0v) is 16.9. The first-order chi connectivity index (χ1) is 13.1. The van der Waals surface area contributed by atoms with Crippen LogP contribution in [0.5, 0.6) is 0 Å². The van der Waals surface area contributed by atoms with E-state index in [0.717, 1.165) is 18.0 Å². The molecule has 0 aliphatic heterocycles. The summed E-state index contributed by atoms with van der Waals surface area (Å²) in [6.07, 6.45) is 2.52. The fourth-order valence-corrected chi connectivity index (χ4v) is 2.77. The number of para-hydroxylation sites is 1. The first-order valence-corrected chi connectivity index (χ1v) is 9.37. The van der Waals surface area contributed by atoms with E-state index in [2.05, 4.69) is 21.3 Å². The van der Waals surface area contributed by atoms with Crippen molar-refractivity contribution in [2.75, 3.05) is 23.7 Å². The molecule has 4 N–H and O–H groups in total. The minimum absolute atomic E-state index is 0. The van der Waals surface area contributed by atoms with Crippen LogP contribution < -0.4 is 21.3 Å². The van der Waals surface area contributed by atoms with Crippen molar-refractivity contribution in [2.24, 2.45) is 5.92 Å². The van der Waals surface area contributed by atoms with Crippen LogP contribution in [0.3, 0.4) is 0 Å². The number of carbonyl (C=O) groups is 2. The summed E-state index contributed by atoms with van der Waals surface area (Å²) in [5, 5.41) is 12.0. The molecule has 1 aliphatic rings. The number of rotatable bonds is 8. The summed E-state index contributed by atoms with van der Waals surface area (Å²) in [7, 11) is 0. The number of carbonyl (C=O) groups excluding carboxylic acids is 2. The lowest BCUT2D eigenvalue weighted by Crippen LogP contribution is -2.29. The Balaban J connectivity index is 0.00000280. The minimum atomic E-state index is -0.346. The third-order valence-electron chi connectivity index (χ3n) is 4.20. The quantitative estimate of drug-likeness (QED) is 0.518. The second-order valence-electron chi connectivity index (χ2n) is 6.61. The topological polar surface area (TPSA) is 82.3 Å². The first kappa shape index (κ1) is 22.0. The number of urea groups is 1. The molecule has 3 rings (SSSR count). The van der Waals surface area contributed by atoms with E-state index in [-0.39, 0.29) is 24.3 Å². The van der Waals surface area contributed by atoms with Gasteiger partial charge in [0.2, 0.25) is 5.91 Å². The SMILES string of the molecule is Cl.O=C(CNCC1CC1)Nc1cccc(CNC(=O)Nc2ccccc2Cl)c1. The van der Waals surface area contributed by atoms with E-state index >= 15 is 0 Å². The molecule has 150 valence electrons. The van der Waals surface area contributed by atoms with Crippen molar-refractivity contribution < 1.29 is 9.59 Å². The number of hydrogen-bond donors (Lipinski definition) is 4. The molecule has 8 heteroatoms. The van der Waals surface area contributed by atoms with E-state index < -0.39 is 0 Å². The Labute approximate surface area is 175 Å². The zero-order valence-electron chi connectivity index (χ0n) is 15.3. The average molecular weight is 423 g/mol. The van der Waals surface area contributed by atoms with Crippen molar-refractivity contribution in [3.05, 3.63) is 59.1 Å².